The van der Waals surface area contributed by atoms with Crippen LogP contribution in [0.3, 0.4) is 0 Å². The first-order valence-electron chi connectivity index (χ1n) is 8.31. The molecule has 2 aromatic rings. The third-order valence-electron chi connectivity index (χ3n) is 4.52. The van der Waals surface area contributed by atoms with Crippen LogP contribution in [-0.4, -0.2) is 38.4 Å². The number of ether oxygens (including phenoxy) is 2. The van der Waals surface area contributed by atoms with E-state index in [0.29, 0.717) is 25.3 Å². The molecule has 0 N–H and O–H groups in total. The first-order chi connectivity index (χ1) is 12.6. The molecule has 0 saturated carbocycles. The van der Waals surface area contributed by atoms with Gasteiger partial charge in [-0.25, -0.2) is 12.8 Å². The minimum Gasteiger partial charge on any atom is -0.454 e. The molecule has 1 saturated heterocycles. The smallest absolute Gasteiger partial charge is 0.246 e. The van der Waals surface area contributed by atoms with Crippen molar-refractivity contribution < 1.29 is 22.3 Å². The van der Waals surface area contributed by atoms with Gasteiger partial charge in [0, 0.05) is 24.1 Å². The standard InChI is InChI=1S/C18H18FNO4S2/c19-14-3-1-2-4-18(14)26(21,22)20-8-7-17(25-10-9-20)13-5-6-15-16(11-13)24-12-23-15/h1-6,11,17H,7-10,12H2. The number of nitrogens with zero attached hydrogens (tertiary/aromatic N) is 1. The molecule has 2 aromatic carbocycles. The van der Waals surface area contributed by atoms with Crippen molar-refractivity contribution in [1.29, 1.82) is 0 Å². The maximum atomic E-state index is 14.0. The lowest BCUT2D eigenvalue weighted by atomic mass is 10.1. The van der Waals surface area contributed by atoms with Crippen LogP contribution in [0, 0.1) is 5.82 Å². The number of rotatable bonds is 3. The number of hydrogen-bond acceptors (Lipinski definition) is 5. The van der Waals surface area contributed by atoms with E-state index < -0.39 is 15.8 Å². The minimum atomic E-state index is -3.83. The van der Waals surface area contributed by atoms with Crippen molar-refractivity contribution in [1.82, 2.24) is 4.31 Å². The van der Waals surface area contributed by atoms with Crippen LogP contribution in [0.2, 0.25) is 0 Å². The Morgan fingerprint density at radius 2 is 1.88 bits per heavy atom. The van der Waals surface area contributed by atoms with E-state index in [4.69, 9.17) is 9.47 Å². The number of thioether (sulfide) groups is 1. The Morgan fingerprint density at radius 1 is 1.08 bits per heavy atom. The van der Waals surface area contributed by atoms with Crippen molar-refractivity contribution >= 4 is 21.8 Å². The predicted octanol–water partition coefficient (Wildman–Crippen LogP) is 3.42. The minimum absolute atomic E-state index is 0.158. The molecule has 2 aliphatic heterocycles. The number of hydrogen-bond donors (Lipinski definition) is 0. The van der Waals surface area contributed by atoms with Crippen LogP contribution in [0.15, 0.2) is 47.4 Å². The monoisotopic (exact) mass is 395 g/mol. The normalized spacial score (nSPS) is 20.7. The van der Waals surface area contributed by atoms with E-state index in [2.05, 4.69) is 0 Å². The predicted molar refractivity (Wildman–Crippen MR) is 97.5 cm³/mol. The number of sulfonamides is 1. The fourth-order valence-electron chi connectivity index (χ4n) is 3.16. The molecule has 0 aliphatic carbocycles. The third kappa shape index (κ3) is 3.28. The highest BCUT2D eigenvalue weighted by molar-refractivity contribution is 7.99. The molecule has 0 spiro atoms. The zero-order valence-corrected chi connectivity index (χ0v) is 15.6. The highest BCUT2D eigenvalue weighted by Gasteiger charge is 2.30. The van der Waals surface area contributed by atoms with Crippen LogP contribution in [-0.2, 0) is 10.0 Å². The van der Waals surface area contributed by atoms with Crippen molar-refractivity contribution in [3.63, 3.8) is 0 Å². The molecule has 1 unspecified atom stereocenters. The van der Waals surface area contributed by atoms with Gasteiger partial charge in [-0.1, -0.05) is 18.2 Å². The SMILES string of the molecule is O=S(=O)(c1ccccc1F)N1CCSC(c2ccc3c(c2)OCO3)CC1. The van der Waals surface area contributed by atoms with E-state index in [1.54, 1.807) is 11.8 Å². The van der Waals surface area contributed by atoms with Crippen molar-refractivity contribution in [2.75, 3.05) is 25.6 Å². The van der Waals surface area contributed by atoms with Crippen molar-refractivity contribution in [3.05, 3.63) is 53.8 Å². The van der Waals surface area contributed by atoms with E-state index in [1.807, 2.05) is 18.2 Å². The number of fused-ring (bicyclic) bond motifs is 1. The summed E-state index contributed by atoms with van der Waals surface area (Å²) in [6.45, 7) is 0.941. The molecule has 5 nitrogen and oxygen atoms in total. The Kier molecular flexibility index (Phi) is 4.81. The second-order valence-electron chi connectivity index (χ2n) is 6.10. The van der Waals surface area contributed by atoms with E-state index >= 15 is 0 Å². The molecular formula is C18H18FNO4S2. The fraction of sp³-hybridized carbons (Fsp3) is 0.333. The van der Waals surface area contributed by atoms with Gasteiger partial charge in [0.05, 0.1) is 0 Å². The van der Waals surface area contributed by atoms with Crippen molar-refractivity contribution in [2.45, 2.75) is 16.6 Å². The van der Waals surface area contributed by atoms with Crippen LogP contribution in [0.4, 0.5) is 4.39 Å². The summed E-state index contributed by atoms with van der Waals surface area (Å²) in [5, 5.41) is 0.158. The average Bonchev–Trinajstić information content (AvgIpc) is 2.95. The molecule has 1 atom stereocenters. The summed E-state index contributed by atoms with van der Waals surface area (Å²) in [6.07, 6.45) is 0.651. The molecular weight excluding hydrogens is 377 g/mol. The highest BCUT2D eigenvalue weighted by atomic mass is 32.2. The summed E-state index contributed by atoms with van der Waals surface area (Å²) in [5.74, 6) is 1.39. The van der Waals surface area contributed by atoms with Crippen LogP contribution in [0.1, 0.15) is 17.2 Å². The van der Waals surface area contributed by atoms with Crippen LogP contribution < -0.4 is 9.47 Å². The molecule has 2 heterocycles. The molecule has 0 bridgehead atoms. The van der Waals surface area contributed by atoms with Gasteiger partial charge in [-0.05, 0) is 36.2 Å². The van der Waals surface area contributed by atoms with Gasteiger partial charge in [0.15, 0.2) is 11.5 Å². The molecule has 0 radical (unpaired) electrons. The molecule has 2 aliphatic rings. The Bertz CT molecular complexity index is 919. The highest BCUT2D eigenvalue weighted by Crippen LogP contribution is 2.40. The van der Waals surface area contributed by atoms with E-state index in [-0.39, 0.29) is 16.9 Å². The van der Waals surface area contributed by atoms with Crippen LogP contribution in [0.25, 0.3) is 0 Å². The molecule has 1 fully saturated rings. The molecule has 0 aromatic heterocycles. The molecule has 4 rings (SSSR count). The second kappa shape index (κ2) is 7.09. The van der Waals surface area contributed by atoms with Gasteiger partial charge in [0.2, 0.25) is 16.8 Å². The van der Waals surface area contributed by atoms with Gasteiger partial charge in [-0.3, -0.25) is 0 Å². The van der Waals surface area contributed by atoms with Crippen molar-refractivity contribution in [3.8, 4) is 11.5 Å². The van der Waals surface area contributed by atoms with Gasteiger partial charge in [0.1, 0.15) is 10.7 Å². The van der Waals surface area contributed by atoms with Gasteiger partial charge >= 0.3 is 0 Å². The Hall–Kier alpha value is -1.77. The van der Waals surface area contributed by atoms with Crippen molar-refractivity contribution in [2.24, 2.45) is 0 Å². The van der Waals surface area contributed by atoms with Gasteiger partial charge < -0.3 is 9.47 Å². The zero-order chi connectivity index (χ0) is 18.1. The number of benzene rings is 2. The molecule has 26 heavy (non-hydrogen) atoms. The van der Waals surface area contributed by atoms with E-state index in [1.165, 1.54) is 28.6 Å². The summed E-state index contributed by atoms with van der Waals surface area (Å²) >= 11 is 1.71. The topological polar surface area (TPSA) is 55.8 Å². The fourth-order valence-corrected chi connectivity index (χ4v) is 6.02. The maximum Gasteiger partial charge on any atom is 0.246 e. The lowest BCUT2D eigenvalue weighted by Gasteiger charge is -2.20. The second-order valence-corrected chi connectivity index (χ2v) is 9.31. The number of halogens is 1. The van der Waals surface area contributed by atoms with Crippen LogP contribution in [0.5, 0.6) is 11.5 Å². The van der Waals surface area contributed by atoms with Gasteiger partial charge in [-0.2, -0.15) is 16.1 Å². The quantitative estimate of drug-likeness (QED) is 0.797. The Balaban J connectivity index is 1.52. The lowest BCUT2D eigenvalue weighted by molar-refractivity contribution is 0.174. The zero-order valence-electron chi connectivity index (χ0n) is 13.9. The van der Waals surface area contributed by atoms with Gasteiger partial charge in [0.25, 0.3) is 0 Å². The van der Waals surface area contributed by atoms with Crippen LogP contribution >= 0.6 is 11.8 Å². The summed E-state index contributed by atoms with van der Waals surface area (Å²) in [5.41, 5.74) is 1.09. The first-order valence-corrected chi connectivity index (χ1v) is 10.8. The first kappa shape index (κ1) is 17.6. The van der Waals surface area contributed by atoms with Gasteiger partial charge in [-0.15, -0.1) is 0 Å². The average molecular weight is 395 g/mol. The molecule has 0 amide bonds. The Morgan fingerprint density at radius 3 is 2.73 bits per heavy atom. The molecule has 138 valence electrons. The van der Waals surface area contributed by atoms with E-state index in [0.717, 1.165) is 17.1 Å². The Labute approximate surface area is 156 Å². The third-order valence-corrected chi connectivity index (χ3v) is 7.78. The summed E-state index contributed by atoms with van der Waals surface area (Å²) < 4.78 is 51.7. The summed E-state index contributed by atoms with van der Waals surface area (Å²) in [4.78, 5) is -0.258. The maximum absolute atomic E-state index is 14.0. The largest absolute Gasteiger partial charge is 0.454 e. The molecule has 8 heteroatoms. The lowest BCUT2D eigenvalue weighted by Crippen LogP contribution is -2.33. The summed E-state index contributed by atoms with van der Waals surface area (Å²) in [7, 11) is -3.83. The summed E-state index contributed by atoms with van der Waals surface area (Å²) in [6, 6.07) is 11.4. The van der Waals surface area contributed by atoms with E-state index in [9.17, 15) is 12.8 Å².